The van der Waals surface area contributed by atoms with Crippen LogP contribution in [0.5, 0.6) is 0 Å². The van der Waals surface area contributed by atoms with Crippen LogP contribution in [-0.2, 0) is 34.1 Å². The normalized spacial score (nSPS) is 12.8. The molecular weight excluding hydrogens is 1040 g/mol. The van der Waals surface area contributed by atoms with Gasteiger partial charge in [-0.05, 0) is 24.3 Å². The molecule has 0 unspecified atom stereocenters. The minimum absolute atomic E-state index is 0. The van der Waals surface area contributed by atoms with Crippen LogP contribution in [0.4, 0.5) is 0 Å². The number of pyridine rings is 4. The molecule has 0 saturated heterocycles. The summed E-state index contributed by atoms with van der Waals surface area (Å²) in [5, 5.41) is 17.7. The average molecular weight is 1070 g/mol. The zero-order valence-corrected chi connectivity index (χ0v) is 39.8. The molecule has 16 nitrogen and oxygen atoms in total. The van der Waals surface area contributed by atoms with E-state index in [1.54, 1.807) is 122 Å². The van der Waals surface area contributed by atoms with E-state index in [2.05, 4.69) is 89.7 Å². The Kier molecular flexibility index (Phi) is 16.7. The van der Waals surface area contributed by atoms with Crippen molar-refractivity contribution in [2.24, 2.45) is 0 Å². The molecule has 0 atom stereocenters. The smallest absolute Gasteiger partial charge is 0.587 e. The maximum atomic E-state index is 10.9. The number of amides is 8. The third-order valence-corrected chi connectivity index (χ3v) is 11.1. The minimum atomic E-state index is -0.425. The van der Waals surface area contributed by atoms with E-state index in [4.69, 9.17) is 0 Å². The summed E-state index contributed by atoms with van der Waals surface area (Å²) in [6, 6.07) is 50.8. The summed E-state index contributed by atoms with van der Waals surface area (Å²) in [5.41, 5.74) is 7.22. The van der Waals surface area contributed by atoms with E-state index in [9.17, 15) is 38.4 Å². The number of rotatable bonds is 0. The maximum absolute atomic E-state index is 10.9. The van der Waals surface area contributed by atoms with E-state index < -0.39 is 47.3 Å². The van der Waals surface area contributed by atoms with E-state index in [1.165, 1.54) is 0 Å². The number of nitrogens with zero attached hydrogens (tertiary/aromatic N) is 8. The average Bonchev–Trinajstić information content (AvgIpc) is 4.11. The van der Waals surface area contributed by atoms with Crippen LogP contribution in [0.3, 0.4) is 0 Å². The van der Waals surface area contributed by atoms with Crippen molar-refractivity contribution in [1.82, 2.24) is 19.9 Å². The standard InChI is InChI=1S/2C12H8N2.4C8H5NO2.2Cu/c2*1-3-9-5-6-10-4-2-8-14-12(10)11(9)13-7-1;4*10-7-5-3-1-2-4-6(5)8(11)9-7;;/h2*1-8H;4*1-4H,(H,9,10,11);;/q;;;;;;2*+2/p-4. The summed E-state index contributed by atoms with van der Waals surface area (Å²) in [6.45, 7) is 0. The van der Waals surface area contributed by atoms with Crippen molar-refractivity contribution in [3.63, 3.8) is 0 Å². The molecule has 0 N–H and O–H groups in total. The number of carbonyl (C=O) groups is 8. The van der Waals surface area contributed by atoms with Crippen LogP contribution in [0.2, 0.25) is 0 Å². The Morgan fingerprint density at radius 3 is 0.541 bits per heavy atom. The number of hydrogen-bond acceptors (Lipinski definition) is 12. The van der Waals surface area contributed by atoms with Crippen LogP contribution in [0, 0.1) is 0 Å². The Morgan fingerprint density at radius 1 is 0.216 bits per heavy atom. The molecule has 2 radical (unpaired) electrons. The second kappa shape index (κ2) is 23.6. The van der Waals surface area contributed by atoms with Gasteiger partial charge in [0.2, 0.25) is 0 Å². The topological polar surface area (TPSA) is 245 Å². The van der Waals surface area contributed by atoms with Gasteiger partial charge in [-0.25, -0.2) is 0 Å². The molecule has 0 saturated carbocycles. The zero-order chi connectivity index (χ0) is 50.1. The predicted octanol–water partition coefficient (Wildman–Crippen LogP) is 11.0. The Bertz CT molecular complexity index is 3240. The van der Waals surface area contributed by atoms with Crippen LogP contribution in [0.1, 0.15) is 82.9 Å². The van der Waals surface area contributed by atoms with Crippen LogP contribution in [0.15, 0.2) is 195 Å². The van der Waals surface area contributed by atoms with Crippen LogP contribution in [-0.4, -0.2) is 67.2 Å². The molecule has 10 aromatic rings. The van der Waals surface area contributed by atoms with Crippen molar-refractivity contribution in [2.75, 3.05) is 0 Å². The van der Waals surface area contributed by atoms with E-state index >= 15 is 0 Å². The van der Waals surface area contributed by atoms with Gasteiger partial charge in [0, 0.05) is 90.8 Å². The molecule has 74 heavy (non-hydrogen) atoms. The molecule has 4 aliphatic heterocycles. The minimum Gasteiger partial charge on any atom is -0.587 e. The van der Waals surface area contributed by atoms with Crippen molar-refractivity contribution in [1.29, 1.82) is 0 Å². The second-order valence-electron chi connectivity index (χ2n) is 15.5. The van der Waals surface area contributed by atoms with E-state index in [0.29, 0.717) is 44.5 Å². The molecule has 8 heterocycles. The van der Waals surface area contributed by atoms with E-state index in [0.717, 1.165) is 43.6 Å². The van der Waals surface area contributed by atoms with Crippen LogP contribution < -0.4 is 0 Å². The van der Waals surface area contributed by atoms with Gasteiger partial charge >= 0.3 is 34.1 Å². The van der Waals surface area contributed by atoms with E-state index in [-0.39, 0.29) is 34.1 Å². The van der Waals surface area contributed by atoms with Gasteiger partial charge in [-0.3, -0.25) is 19.9 Å². The van der Waals surface area contributed by atoms with Gasteiger partial charge < -0.3 is 59.6 Å². The maximum Gasteiger partial charge on any atom is 2.00 e. The van der Waals surface area contributed by atoms with Gasteiger partial charge in [-0.15, -0.1) is 0 Å². The molecule has 4 aliphatic rings. The SMILES string of the molecule is O=C1[N-]C(=O)c2ccccc21.O=C1[N-]C(=O)c2ccccc21.O=C1[N-]C(=O)c2ccccc21.O=C1[N-]C(=O)c2ccccc21.[Cu+2].[Cu+2].c1cnc2c(c1)ccc1cccnc12.c1cnc2c(c1)ccc1cccnc12. The van der Waals surface area contributed by atoms with Crippen molar-refractivity contribution in [2.45, 2.75) is 0 Å². The molecule has 0 aliphatic carbocycles. The third-order valence-electron chi connectivity index (χ3n) is 11.1. The number of hydrogen-bond donors (Lipinski definition) is 0. The summed E-state index contributed by atoms with van der Waals surface area (Å²) in [7, 11) is 0. The molecule has 6 aromatic carbocycles. The monoisotopic (exact) mass is 1070 g/mol. The van der Waals surface area contributed by atoms with Crippen LogP contribution in [0.25, 0.3) is 64.9 Å². The molecular formula is C56H32Cu2N8O8. The first-order chi connectivity index (χ1) is 35.0. The molecule has 366 valence electrons. The fourth-order valence-corrected chi connectivity index (χ4v) is 7.63. The van der Waals surface area contributed by atoms with Gasteiger partial charge in [0.05, 0.1) is 69.3 Å². The van der Waals surface area contributed by atoms with Crippen LogP contribution >= 0.6 is 0 Å². The molecule has 0 bridgehead atoms. The van der Waals surface area contributed by atoms with E-state index in [1.807, 2.05) is 24.3 Å². The molecule has 0 spiro atoms. The van der Waals surface area contributed by atoms with Gasteiger partial charge in [-0.2, -0.15) is 0 Å². The predicted molar refractivity (Wildman–Crippen MR) is 268 cm³/mol. The van der Waals surface area contributed by atoms with Crippen molar-refractivity contribution in [3.8, 4) is 0 Å². The first kappa shape index (κ1) is 52.4. The molecule has 14 rings (SSSR count). The molecule has 18 heteroatoms. The summed E-state index contributed by atoms with van der Waals surface area (Å²) in [6.07, 6.45) is 7.21. The molecule has 8 amide bonds. The van der Waals surface area contributed by atoms with Gasteiger partial charge in [0.25, 0.3) is 0 Å². The second-order valence-corrected chi connectivity index (χ2v) is 15.5. The van der Waals surface area contributed by atoms with Crippen molar-refractivity contribution in [3.05, 3.63) is 260 Å². The Morgan fingerprint density at radius 2 is 0.378 bits per heavy atom. The van der Waals surface area contributed by atoms with Crippen molar-refractivity contribution >= 4 is 90.9 Å². The fraction of sp³-hybridized carbons (Fsp3) is 0. The Balaban J connectivity index is 0.000000130. The summed E-state index contributed by atoms with van der Waals surface area (Å²) < 4.78 is 0. The number of aromatic nitrogens is 4. The molecule has 0 fully saturated rings. The summed E-state index contributed by atoms with van der Waals surface area (Å²) in [4.78, 5) is 104. The third kappa shape index (κ3) is 11.3. The molecule has 4 aromatic heterocycles. The zero-order valence-electron chi connectivity index (χ0n) is 37.9. The first-order valence-electron chi connectivity index (χ1n) is 21.8. The summed E-state index contributed by atoms with van der Waals surface area (Å²) >= 11 is 0. The van der Waals surface area contributed by atoms with Gasteiger partial charge in [0.15, 0.2) is 0 Å². The Hall–Kier alpha value is -9.44. The number of carbonyl (C=O) groups excluding carboxylic acids is 8. The van der Waals surface area contributed by atoms with Crippen molar-refractivity contribution < 1.29 is 72.5 Å². The fourth-order valence-electron chi connectivity index (χ4n) is 7.63. The quantitative estimate of drug-likeness (QED) is 0.0782. The number of imide groups is 4. The Labute approximate surface area is 441 Å². The number of fused-ring (bicyclic) bond motifs is 10. The first-order valence-corrected chi connectivity index (χ1v) is 21.8. The number of benzene rings is 6. The largest absolute Gasteiger partial charge is 2.00 e. The van der Waals surface area contributed by atoms with Gasteiger partial charge in [-0.1, -0.05) is 146 Å². The summed E-state index contributed by atoms with van der Waals surface area (Å²) in [5.74, 6) is -3.40. The van der Waals surface area contributed by atoms with Gasteiger partial charge in [0.1, 0.15) is 0 Å².